The number of nitrogens with zero attached hydrogens (tertiary/aromatic N) is 2. The summed E-state index contributed by atoms with van der Waals surface area (Å²) < 4.78 is 27.5. The van der Waals surface area contributed by atoms with Crippen molar-refractivity contribution < 1.29 is 22.8 Å². The van der Waals surface area contributed by atoms with E-state index in [-0.39, 0.29) is 29.3 Å². The smallest absolute Gasteiger partial charge is 0.243 e. The molecule has 1 aromatic rings. The lowest BCUT2D eigenvalue weighted by Gasteiger charge is -2.32. The SMILES string of the molecule is CCS(=O)(=O)N[C@H](CC1CCCCC1)C(=O)N1CCC[C@H]1C(=O)N[C@@H](CCCCN)C(=O)c1nccs1. The number of hydrogen-bond acceptors (Lipinski definition) is 8. The molecule has 2 aliphatic rings. The van der Waals surface area contributed by atoms with Crippen LogP contribution in [0.2, 0.25) is 0 Å². The van der Waals surface area contributed by atoms with E-state index in [9.17, 15) is 22.8 Å². The molecule has 1 saturated heterocycles. The number of rotatable bonds is 14. The lowest BCUT2D eigenvalue weighted by molar-refractivity contribution is -0.140. The third kappa shape index (κ3) is 8.56. The van der Waals surface area contributed by atoms with Gasteiger partial charge in [-0.05, 0) is 57.9 Å². The van der Waals surface area contributed by atoms with Crippen LogP contribution in [0, 0.1) is 5.92 Å². The van der Waals surface area contributed by atoms with Crippen LogP contribution in [0.15, 0.2) is 11.6 Å². The molecular weight excluding hydrogens is 514 g/mol. The number of unbranched alkanes of at least 4 members (excludes halogenated alkanes) is 1. The van der Waals surface area contributed by atoms with Gasteiger partial charge < -0.3 is 16.0 Å². The summed E-state index contributed by atoms with van der Waals surface area (Å²) in [4.78, 5) is 45.7. The van der Waals surface area contributed by atoms with E-state index in [1.165, 1.54) is 16.2 Å². The quantitative estimate of drug-likeness (QED) is 0.235. The lowest BCUT2D eigenvalue weighted by atomic mass is 9.84. The molecule has 3 rings (SSSR count). The number of amides is 2. The summed E-state index contributed by atoms with van der Waals surface area (Å²) in [6.45, 7) is 2.41. The highest BCUT2D eigenvalue weighted by Gasteiger charge is 2.40. The van der Waals surface area contributed by atoms with Crippen molar-refractivity contribution in [3.8, 4) is 0 Å². The molecule has 0 aromatic carbocycles. The summed E-state index contributed by atoms with van der Waals surface area (Å²) in [6, 6.07) is -2.38. The van der Waals surface area contributed by atoms with E-state index in [4.69, 9.17) is 5.73 Å². The maximum absolute atomic E-state index is 13.7. The number of nitrogens with two attached hydrogens (primary N) is 1. The Morgan fingerprint density at radius 1 is 1.14 bits per heavy atom. The van der Waals surface area contributed by atoms with Gasteiger partial charge in [-0.2, -0.15) is 0 Å². The van der Waals surface area contributed by atoms with Gasteiger partial charge in [0.1, 0.15) is 12.1 Å². The molecule has 4 N–H and O–H groups in total. The van der Waals surface area contributed by atoms with Gasteiger partial charge in [-0.25, -0.2) is 18.1 Å². The van der Waals surface area contributed by atoms with Crippen molar-refractivity contribution >= 4 is 39.0 Å². The first kappa shape index (κ1) is 29.7. The largest absolute Gasteiger partial charge is 0.344 e. The van der Waals surface area contributed by atoms with Crippen LogP contribution in [0.25, 0.3) is 0 Å². The number of carbonyl (C=O) groups is 3. The molecule has 12 heteroatoms. The Labute approximate surface area is 224 Å². The molecule has 10 nitrogen and oxygen atoms in total. The minimum atomic E-state index is -3.61. The maximum Gasteiger partial charge on any atom is 0.243 e. The molecule has 2 amide bonds. The summed E-state index contributed by atoms with van der Waals surface area (Å²) in [5, 5.41) is 4.92. The van der Waals surface area contributed by atoms with Crippen molar-refractivity contribution in [1.82, 2.24) is 19.9 Å². The van der Waals surface area contributed by atoms with Gasteiger partial charge in [0.15, 0.2) is 5.01 Å². The van der Waals surface area contributed by atoms with Gasteiger partial charge >= 0.3 is 0 Å². The normalized spacial score (nSPS) is 20.5. The van der Waals surface area contributed by atoms with Crippen LogP contribution >= 0.6 is 11.3 Å². The van der Waals surface area contributed by atoms with E-state index >= 15 is 0 Å². The fraction of sp³-hybridized carbons (Fsp3) is 0.760. The van der Waals surface area contributed by atoms with Crippen LogP contribution in [0.1, 0.15) is 87.4 Å². The second kappa shape index (κ2) is 14.3. The van der Waals surface area contributed by atoms with Gasteiger partial charge in [-0.1, -0.05) is 32.1 Å². The molecular formula is C25H41N5O5S2. The van der Waals surface area contributed by atoms with Crippen molar-refractivity contribution in [3.05, 3.63) is 16.6 Å². The molecule has 1 aliphatic carbocycles. The number of nitrogens with one attached hydrogen (secondary N) is 2. The topological polar surface area (TPSA) is 152 Å². The minimum absolute atomic E-state index is 0.116. The first-order chi connectivity index (χ1) is 17.8. The molecule has 1 aliphatic heterocycles. The first-order valence-corrected chi connectivity index (χ1v) is 16.0. The van der Waals surface area contributed by atoms with E-state index in [1.807, 2.05) is 0 Å². The Bertz CT molecular complexity index is 995. The van der Waals surface area contributed by atoms with Crippen molar-refractivity contribution in [2.75, 3.05) is 18.8 Å². The molecule has 0 spiro atoms. The van der Waals surface area contributed by atoms with E-state index in [2.05, 4.69) is 15.0 Å². The Balaban J connectivity index is 1.73. The lowest BCUT2D eigenvalue weighted by Crippen LogP contribution is -2.55. The fourth-order valence-corrected chi connectivity index (χ4v) is 6.71. The van der Waals surface area contributed by atoms with Crippen LogP contribution in [0.5, 0.6) is 0 Å². The van der Waals surface area contributed by atoms with Gasteiger partial charge in [0.2, 0.25) is 27.6 Å². The van der Waals surface area contributed by atoms with Gasteiger partial charge in [-0.15, -0.1) is 11.3 Å². The highest BCUT2D eigenvalue weighted by Crippen LogP contribution is 2.29. The predicted molar refractivity (Wildman–Crippen MR) is 144 cm³/mol. The zero-order chi connectivity index (χ0) is 26.8. The predicted octanol–water partition coefficient (Wildman–Crippen LogP) is 2.21. The average molecular weight is 556 g/mol. The van der Waals surface area contributed by atoms with Crippen LogP contribution < -0.4 is 15.8 Å². The van der Waals surface area contributed by atoms with Gasteiger partial charge in [0, 0.05) is 18.1 Å². The molecule has 0 bridgehead atoms. The van der Waals surface area contributed by atoms with Crippen molar-refractivity contribution in [2.24, 2.45) is 11.7 Å². The third-order valence-corrected chi connectivity index (χ3v) is 9.55. The Morgan fingerprint density at radius 2 is 1.89 bits per heavy atom. The highest BCUT2D eigenvalue weighted by molar-refractivity contribution is 7.89. The van der Waals surface area contributed by atoms with E-state index in [1.54, 1.807) is 18.5 Å². The molecule has 37 heavy (non-hydrogen) atoms. The van der Waals surface area contributed by atoms with Gasteiger partial charge in [0.25, 0.3) is 0 Å². The highest BCUT2D eigenvalue weighted by atomic mass is 32.2. The van der Waals surface area contributed by atoms with Crippen LogP contribution in [0.4, 0.5) is 0 Å². The number of sulfonamides is 1. The molecule has 1 aromatic heterocycles. The van der Waals surface area contributed by atoms with Crippen LogP contribution in [-0.2, 0) is 19.6 Å². The number of aromatic nitrogens is 1. The summed E-state index contributed by atoms with van der Waals surface area (Å²) in [5.41, 5.74) is 5.61. The van der Waals surface area contributed by atoms with Crippen molar-refractivity contribution in [2.45, 2.75) is 95.7 Å². The standard InChI is InChI=1S/C25H41N5O5S2/c1-2-37(34,35)29-20(17-18-9-4-3-5-10-18)25(33)30-15-8-12-21(30)23(32)28-19(11-6-7-13-26)22(31)24-27-14-16-36-24/h14,16,18-21,29H,2-13,15,17,26H2,1H3,(H,28,32)/t19-,20+,21-/m0/s1. The Kier molecular flexibility index (Phi) is 11.5. The Hall–Kier alpha value is -1.89. The fourth-order valence-electron chi connectivity index (χ4n) is 5.28. The number of likely N-dealkylation sites (tertiary alicyclic amines) is 1. The van der Waals surface area contributed by atoms with Gasteiger partial charge in [0.05, 0.1) is 11.8 Å². The maximum atomic E-state index is 13.7. The molecule has 1 saturated carbocycles. The molecule has 0 unspecified atom stereocenters. The van der Waals surface area contributed by atoms with Crippen molar-refractivity contribution in [1.29, 1.82) is 0 Å². The van der Waals surface area contributed by atoms with Crippen molar-refractivity contribution in [3.63, 3.8) is 0 Å². The summed E-state index contributed by atoms with van der Waals surface area (Å²) >= 11 is 1.22. The zero-order valence-corrected chi connectivity index (χ0v) is 23.3. The van der Waals surface area contributed by atoms with Gasteiger partial charge in [-0.3, -0.25) is 14.4 Å². The average Bonchev–Trinajstić information content (AvgIpc) is 3.60. The molecule has 2 fully saturated rings. The monoisotopic (exact) mass is 555 g/mol. The van der Waals surface area contributed by atoms with E-state index < -0.39 is 28.1 Å². The minimum Gasteiger partial charge on any atom is -0.344 e. The van der Waals surface area contributed by atoms with Crippen LogP contribution in [0.3, 0.4) is 0 Å². The molecule has 0 radical (unpaired) electrons. The summed E-state index contributed by atoms with van der Waals surface area (Å²) in [5.74, 6) is -0.828. The second-order valence-corrected chi connectivity index (χ2v) is 13.0. The third-order valence-electron chi connectivity index (χ3n) is 7.36. The number of hydrogen-bond donors (Lipinski definition) is 3. The summed E-state index contributed by atoms with van der Waals surface area (Å²) in [7, 11) is -3.61. The van der Waals surface area contributed by atoms with E-state index in [0.717, 1.165) is 38.5 Å². The first-order valence-electron chi connectivity index (χ1n) is 13.5. The molecule has 208 valence electrons. The number of thiazole rings is 1. The number of carbonyl (C=O) groups excluding carboxylic acids is 3. The van der Waals surface area contributed by atoms with E-state index in [0.29, 0.717) is 50.2 Å². The number of ketones is 1. The van der Waals surface area contributed by atoms with Crippen LogP contribution in [-0.4, -0.2) is 72.9 Å². The Morgan fingerprint density at radius 3 is 2.54 bits per heavy atom. The zero-order valence-electron chi connectivity index (χ0n) is 21.7. The number of Topliss-reactive ketones (excluding diaryl/α,β-unsaturated/α-hetero) is 1. The molecule has 3 atom stereocenters. The molecule has 2 heterocycles. The second-order valence-electron chi connectivity index (χ2n) is 10.1. The summed E-state index contributed by atoms with van der Waals surface area (Å²) in [6.07, 6.45) is 10.2.